The molecule has 1 fully saturated rings. The van der Waals surface area contributed by atoms with Crippen molar-refractivity contribution < 1.29 is 57.8 Å². The Morgan fingerprint density at radius 1 is 0.553 bits per heavy atom. The first-order valence-electron chi connectivity index (χ1n) is 28.9. The maximum Gasteiger partial charge on any atom is 0.407 e. The summed E-state index contributed by atoms with van der Waals surface area (Å²) in [7, 11) is 0. The van der Waals surface area contributed by atoms with Crippen LogP contribution in [0.4, 0.5) is 4.79 Å². The van der Waals surface area contributed by atoms with Crippen LogP contribution in [0.5, 0.6) is 5.75 Å². The van der Waals surface area contributed by atoms with E-state index in [0.29, 0.717) is 30.4 Å². The minimum absolute atomic E-state index is 0.00539. The van der Waals surface area contributed by atoms with E-state index in [1.165, 1.54) is 44.7 Å². The van der Waals surface area contributed by atoms with Gasteiger partial charge in [0.25, 0.3) is 0 Å². The molecule has 10 amide bonds. The summed E-state index contributed by atoms with van der Waals surface area (Å²) in [6, 6.07) is 19.9. The van der Waals surface area contributed by atoms with E-state index in [-0.39, 0.29) is 69.4 Å². The number of nitrogens with zero attached hydrogens (tertiary/aromatic N) is 1. The van der Waals surface area contributed by atoms with E-state index in [4.69, 9.17) is 16.2 Å². The standard InChI is InChI=1S/C62H81N11O12/c1-35(2)31-49(53(64)75)70-56(78)38(5)67-60(82)52-24-16-30-73(52)61(83)51(33-41-25-27-42(74)28-26-41)72-58(80)48(23-14-15-29-63)69-55(77)37(4)65-54(76)36(3)66-59(81)50(32-40-17-8-7-9-18-40)71-57(79)39(6)68-62(84)85-34-47-45-21-12-10-19-43(45)44-20-11-13-22-46(44)47/h7-13,17-22,25-28,35-39,47-52,74H,14-16,23-24,29-34,63H2,1-6H3,(H2,64,75)(H,65,76)(H,66,81)(H,67,82)(H,68,84)(H,69,77)(H,70,78)(H,71,79)(H,72,80)/t36-,37-,38-,39-,48-,49-,50-,51-,52-/m0/s1. The van der Waals surface area contributed by atoms with Crippen LogP contribution in [0, 0.1) is 5.92 Å². The van der Waals surface area contributed by atoms with Crippen molar-refractivity contribution in [2.24, 2.45) is 17.4 Å². The summed E-state index contributed by atoms with van der Waals surface area (Å²) in [6.45, 7) is 9.79. The van der Waals surface area contributed by atoms with Crippen molar-refractivity contribution in [1.29, 1.82) is 0 Å². The van der Waals surface area contributed by atoms with Gasteiger partial charge >= 0.3 is 6.09 Å². The summed E-state index contributed by atoms with van der Waals surface area (Å²) in [4.78, 5) is 138. The van der Waals surface area contributed by atoms with E-state index >= 15 is 0 Å². The van der Waals surface area contributed by atoms with Gasteiger partial charge in [0.2, 0.25) is 53.2 Å². The number of amides is 10. The summed E-state index contributed by atoms with van der Waals surface area (Å²) in [5.74, 6) is -6.62. The minimum atomic E-state index is -1.30. The molecule has 0 spiro atoms. The molecule has 0 saturated carbocycles. The summed E-state index contributed by atoms with van der Waals surface area (Å²) >= 11 is 0. The Hall–Kier alpha value is -8.86. The monoisotopic (exact) mass is 1170 g/mol. The first-order valence-corrected chi connectivity index (χ1v) is 28.9. The number of rotatable bonds is 29. The molecule has 85 heavy (non-hydrogen) atoms. The van der Waals surface area contributed by atoms with Crippen LogP contribution in [0.3, 0.4) is 0 Å². The van der Waals surface area contributed by atoms with Crippen molar-refractivity contribution in [3.8, 4) is 16.9 Å². The molecule has 4 aromatic rings. The zero-order chi connectivity index (χ0) is 61.9. The third-order valence-corrected chi connectivity index (χ3v) is 15.0. The van der Waals surface area contributed by atoms with Gasteiger partial charge in [0.15, 0.2) is 0 Å². The second-order valence-electron chi connectivity index (χ2n) is 22.2. The van der Waals surface area contributed by atoms with E-state index in [2.05, 4.69) is 42.5 Å². The van der Waals surface area contributed by atoms with Gasteiger partial charge < -0.3 is 68.7 Å². The highest BCUT2D eigenvalue weighted by molar-refractivity contribution is 5.98. The predicted octanol–water partition coefficient (Wildman–Crippen LogP) is 2.21. The van der Waals surface area contributed by atoms with E-state index in [9.17, 15) is 53.1 Å². The number of benzene rings is 4. The molecular formula is C62H81N11O12. The number of hydrogen-bond donors (Lipinski definition) is 11. The predicted molar refractivity (Wildman–Crippen MR) is 316 cm³/mol. The van der Waals surface area contributed by atoms with Gasteiger partial charge in [-0.05, 0) is 124 Å². The van der Waals surface area contributed by atoms with Gasteiger partial charge in [-0.25, -0.2) is 4.79 Å². The highest BCUT2D eigenvalue weighted by Gasteiger charge is 2.40. The van der Waals surface area contributed by atoms with Crippen LogP contribution in [0.2, 0.25) is 0 Å². The molecule has 0 radical (unpaired) electrons. The molecule has 23 heteroatoms. The smallest absolute Gasteiger partial charge is 0.407 e. The maximum absolute atomic E-state index is 14.6. The second-order valence-corrected chi connectivity index (χ2v) is 22.2. The molecule has 4 aromatic carbocycles. The Morgan fingerprint density at radius 2 is 1.04 bits per heavy atom. The van der Waals surface area contributed by atoms with E-state index in [1.807, 2.05) is 62.4 Å². The van der Waals surface area contributed by atoms with Crippen LogP contribution in [0.15, 0.2) is 103 Å². The lowest BCUT2D eigenvalue weighted by atomic mass is 9.98. The lowest BCUT2D eigenvalue weighted by Crippen LogP contribution is -2.60. The third kappa shape index (κ3) is 18.6. The fraction of sp³-hybridized carbons (Fsp3) is 0.452. The van der Waals surface area contributed by atoms with E-state index < -0.39 is 114 Å². The Balaban J connectivity index is 1.07. The molecule has 1 aliphatic carbocycles. The number of nitrogens with two attached hydrogens (primary N) is 2. The molecule has 13 N–H and O–H groups in total. The highest BCUT2D eigenvalue weighted by Crippen LogP contribution is 2.44. The van der Waals surface area contributed by atoms with Gasteiger partial charge in [-0.3, -0.25) is 43.2 Å². The number of fused-ring (bicyclic) bond motifs is 3. The average Bonchev–Trinajstić information content (AvgIpc) is 2.13. The Morgan fingerprint density at radius 3 is 1.62 bits per heavy atom. The van der Waals surface area contributed by atoms with Crippen LogP contribution < -0.4 is 54.0 Å². The van der Waals surface area contributed by atoms with Crippen LogP contribution in [-0.2, 0) is 60.7 Å². The topological polar surface area (TPSA) is 352 Å². The SMILES string of the molecule is CC(C)C[C@H](NC(=O)[C@H](C)NC(=O)[C@@H]1CCCN1C(=O)[C@H](Cc1ccc(O)cc1)NC(=O)[C@H](CCCCN)NC(=O)[C@H](C)NC(=O)[C@H](C)NC(=O)[C@H](Cc1ccccc1)NC(=O)[C@H](C)NC(=O)OCC1c2ccccc2-c2ccccc21)C(N)=O. The number of carbonyl (C=O) groups excluding carboxylic acids is 10. The molecular weight excluding hydrogens is 1090 g/mol. The lowest BCUT2D eigenvalue weighted by Gasteiger charge is -2.31. The zero-order valence-electron chi connectivity index (χ0n) is 49.0. The van der Waals surface area contributed by atoms with Crippen LogP contribution in [0.25, 0.3) is 11.1 Å². The average molecular weight is 1170 g/mol. The van der Waals surface area contributed by atoms with Crippen molar-refractivity contribution in [3.05, 3.63) is 125 Å². The van der Waals surface area contributed by atoms with Crippen LogP contribution in [-0.4, -0.2) is 143 Å². The van der Waals surface area contributed by atoms with Crippen molar-refractivity contribution in [2.45, 2.75) is 153 Å². The molecule has 9 atom stereocenters. The van der Waals surface area contributed by atoms with Crippen molar-refractivity contribution in [3.63, 3.8) is 0 Å². The number of phenols is 1. The number of hydrogen-bond acceptors (Lipinski definition) is 13. The number of likely N-dealkylation sites (tertiary alicyclic amines) is 1. The molecule has 1 saturated heterocycles. The zero-order valence-corrected chi connectivity index (χ0v) is 49.0. The van der Waals surface area contributed by atoms with E-state index in [0.717, 1.165) is 22.3 Å². The normalized spacial score (nSPS) is 16.3. The summed E-state index contributed by atoms with van der Waals surface area (Å²) in [5.41, 5.74) is 16.7. The summed E-state index contributed by atoms with van der Waals surface area (Å²) < 4.78 is 5.64. The summed E-state index contributed by atoms with van der Waals surface area (Å²) in [5, 5.41) is 31.1. The Labute approximate surface area is 495 Å². The van der Waals surface area contributed by atoms with Gasteiger partial charge in [-0.15, -0.1) is 0 Å². The highest BCUT2D eigenvalue weighted by atomic mass is 16.5. The molecule has 456 valence electrons. The minimum Gasteiger partial charge on any atom is -0.508 e. The number of unbranched alkanes of at least 4 members (excludes halogenated alkanes) is 1. The Kier molecular flexibility index (Phi) is 23.9. The Bertz CT molecular complexity index is 2970. The number of aromatic hydroxyl groups is 1. The van der Waals surface area contributed by atoms with Crippen molar-refractivity contribution in [1.82, 2.24) is 47.4 Å². The van der Waals surface area contributed by atoms with Crippen LogP contribution in [0.1, 0.15) is 108 Å². The van der Waals surface area contributed by atoms with Crippen LogP contribution >= 0.6 is 0 Å². The lowest BCUT2D eigenvalue weighted by molar-refractivity contribution is -0.142. The quantitative estimate of drug-likeness (QED) is 0.0348. The van der Waals surface area contributed by atoms with Crippen molar-refractivity contribution in [2.75, 3.05) is 19.7 Å². The number of ether oxygens (including phenoxy) is 1. The van der Waals surface area contributed by atoms with Gasteiger partial charge in [-0.2, -0.15) is 0 Å². The van der Waals surface area contributed by atoms with Gasteiger partial charge in [0, 0.05) is 25.3 Å². The molecule has 23 nitrogen and oxygen atoms in total. The third-order valence-electron chi connectivity index (χ3n) is 15.0. The molecule has 6 rings (SSSR count). The molecule has 0 aromatic heterocycles. The van der Waals surface area contributed by atoms with Gasteiger partial charge in [-0.1, -0.05) is 105 Å². The van der Waals surface area contributed by atoms with Gasteiger partial charge in [0.05, 0.1) is 0 Å². The molecule has 0 bridgehead atoms. The van der Waals surface area contributed by atoms with E-state index in [1.54, 1.807) is 42.5 Å². The number of carbonyl (C=O) groups is 10. The second kappa shape index (κ2) is 31.2. The largest absolute Gasteiger partial charge is 0.508 e. The number of phenolic OH excluding ortho intramolecular Hbond substituents is 1. The molecule has 2 aliphatic rings. The fourth-order valence-corrected chi connectivity index (χ4v) is 10.3. The number of primary amides is 1. The van der Waals surface area contributed by atoms with Crippen molar-refractivity contribution >= 4 is 59.3 Å². The van der Waals surface area contributed by atoms with Gasteiger partial charge in [0.1, 0.15) is 66.7 Å². The molecule has 0 unspecified atom stereocenters. The number of alkyl carbamates (subject to hydrolysis) is 1. The fourth-order valence-electron chi connectivity index (χ4n) is 10.3. The molecule has 1 heterocycles. The molecule has 1 aliphatic heterocycles. The number of nitrogens with one attached hydrogen (secondary N) is 8. The first kappa shape index (κ1) is 65.3. The summed E-state index contributed by atoms with van der Waals surface area (Å²) in [6.07, 6.45) is 0.932. The first-order chi connectivity index (χ1) is 40.5. The maximum atomic E-state index is 14.6.